The lowest BCUT2D eigenvalue weighted by Crippen LogP contribution is -2.49. The van der Waals surface area contributed by atoms with Crippen molar-refractivity contribution in [1.29, 1.82) is 0 Å². The van der Waals surface area contributed by atoms with Gasteiger partial charge in [0.1, 0.15) is 5.82 Å². The molecular formula is C24H29FN2O3S. The minimum Gasteiger partial charge on any atom is -0.330 e. The van der Waals surface area contributed by atoms with Gasteiger partial charge in [0.15, 0.2) is 9.84 Å². The van der Waals surface area contributed by atoms with Crippen LogP contribution in [0.25, 0.3) is 0 Å². The van der Waals surface area contributed by atoms with Gasteiger partial charge in [0.05, 0.1) is 17.8 Å². The first-order chi connectivity index (χ1) is 14.7. The maximum Gasteiger partial charge on any atom is 0.322 e. The molecular weight excluding hydrogens is 415 g/mol. The zero-order valence-electron chi connectivity index (χ0n) is 18.0. The second kappa shape index (κ2) is 7.93. The number of halogens is 1. The molecule has 4 rings (SSSR count). The number of hydrogen-bond acceptors (Lipinski definition) is 3. The average molecular weight is 445 g/mol. The highest BCUT2D eigenvalue weighted by molar-refractivity contribution is 7.89. The van der Waals surface area contributed by atoms with Crippen LogP contribution in [0.4, 0.5) is 14.9 Å². The summed E-state index contributed by atoms with van der Waals surface area (Å²) in [5, 5.41) is 3.21. The molecule has 1 aliphatic carbocycles. The smallest absolute Gasteiger partial charge is 0.322 e. The van der Waals surface area contributed by atoms with Gasteiger partial charge < -0.3 is 5.32 Å². The van der Waals surface area contributed by atoms with E-state index in [1.807, 2.05) is 24.3 Å². The van der Waals surface area contributed by atoms with Crippen LogP contribution in [0.3, 0.4) is 0 Å². The van der Waals surface area contributed by atoms with E-state index in [-0.39, 0.29) is 28.6 Å². The molecule has 0 unspecified atom stereocenters. The van der Waals surface area contributed by atoms with Gasteiger partial charge in [0.25, 0.3) is 0 Å². The Morgan fingerprint density at radius 2 is 1.68 bits per heavy atom. The van der Waals surface area contributed by atoms with Crippen LogP contribution in [0.5, 0.6) is 0 Å². The molecule has 1 saturated carbocycles. The Morgan fingerprint density at radius 3 is 2.29 bits per heavy atom. The number of rotatable bonds is 5. The van der Waals surface area contributed by atoms with Crippen molar-refractivity contribution in [2.75, 3.05) is 17.7 Å². The predicted octanol–water partition coefficient (Wildman–Crippen LogP) is 4.56. The lowest BCUT2D eigenvalue weighted by atomic mass is 9.63. The molecule has 0 radical (unpaired) electrons. The first-order valence-corrected chi connectivity index (χ1v) is 12.8. The first-order valence-electron chi connectivity index (χ1n) is 10.8. The van der Waals surface area contributed by atoms with Crippen molar-refractivity contribution in [3.8, 4) is 0 Å². The average Bonchev–Trinajstić information content (AvgIpc) is 3.05. The van der Waals surface area contributed by atoms with E-state index in [9.17, 15) is 17.6 Å². The van der Waals surface area contributed by atoms with E-state index < -0.39 is 9.84 Å². The van der Waals surface area contributed by atoms with Crippen LogP contribution in [0.1, 0.15) is 50.2 Å². The number of nitrogens with one attached hydrogen (secondary N) is 1. The quantitative estimate of drug-likeness (QED) is 0.735. The summed E-state index contributed by atoms with van der Waals surface area (Å²) in [6.07, 6.45) is 5.64. The summed E-state index contributed by atoms with van der Waals surface area (Å²) in [6, 6.07) is 13.9. The number of anilines is 1. The summed E-state index contributed by atoms with van der Waals surface area (Å²) in [5.74, 6) is -0.322. The number of nitrogens with zero attached hydrogens (tertiary/aromatic N) is 1. The third-order valence-corrected chi connectivity index (χ3v) is 7.91. The minimum atomic E-state index is -3.22. The van der Waals surface area contributed by atoms with Gasteiger partial charge in [-0.15, -0.1) is 0 Å². The molecule has 0 atom stereocenters. The lowest BCUT2D eigenvalue weighted by Gasteiger charge is -2.44. The number of urea groups is 1. The van der Waals surface area contributed by atoms with Gasteiger partial charge in [-0.3, -0.25) is 4.90 Å². The van der Waals surface area contributed by atoms with Gasteiger partial charge in [0, 0.05) is 11.9 Å². The first kappa shape index (κ1) is 21.8. The Balaban J connectivity index is 1.55. The van der Waals surface area contributed by atoms with Crippen LogP contribution in [0.2, 0.25) is 0 Å². The van der Waals surface area contributed by atoms with Crippen molar-refractivity contribution in [1.82, 2.24) is 5.32 Å². The largest absolute Gasteiger partial charge is 0.330 e. The highest BCUT2D eigenvalue weighted by Gasteiger charge is 2.49. The number of carbonyl (C=O) groups is 1. The highest BCUT2D eigenvalue weighted by atomic mass is 32.2. The fourth-order valence-corrected chi connectivity index (χ4v) is 6.03. The summed E-state index contributed by atoms with van der Waals surface area (Å²) in [6.45, 7) is 2.69. The number of para-hydroxylation sites is 1. The predicted molar refractivity (Wildman–Crippen MR) is 120 cm³/mol. The number of carbonyl (C=O) groups excluding carboxylic acids is 1. The third-order valence-electron chi connectivity index (χ3n) is 7.08. The van der Waals surface area contributed by atoms with Gasteiger partial charge >= 0.3 is 6.03 Å². The summed E-state index contributed by atoms with van der Waals surface area (Å²) >= 11 is 0. The molecule has 2 fully saturated rings. The summed E-state index contributed by atoms with van der Waals surface area (Å²) in [4.78, 5) is 14.6. The number of benzene rings is 2. The maximum absolute atomic E-state index is 13.4. The van der Waals surface area contributed by atoms with Crippen LogP contribution in [0, 0.1) is 5.82 Å². The molecule has 7 heteroatoms. The SMILES string of the molecule is CC[C@]1(c2ccc(F)cc2)CC[C@]2(CC1)CN(c1ccccc1CS(C)(=O)=O)C(=O)N2. The maximum atomic E-state index is 13.4. The second-order valence-electron chi connectivity index (χ2n) is 9.14. The Kier molecular flexibility index (Phi) is 5.58. The standard InChI is InChI=1S/C24H29FN2O3S/c1-3-23(19-8-10-20(25)11-9-19)12-14-24(15-13-23)17-27(22(28)26-24)21-7-5-4-6-18(21)16-31(2,29)30/h4-11H,3,12-17H2,1-2H3,(H,26,28)/t23-,24-. The lowest BCUT2D eigenvalue weighted by molar-refractivity contribution is 0.184. The van der Waals surface area contributed by atoms with E-state index in [1.165, 1.54) is 18.4 Å². The van der Waals surface area contributed by atoms with Gasteiger partial charge in [-0.05, 0) is 66.8 Å². The van der Waals surface area contributed by atoms with Crippen LogP contribution < -0.4 is 10.2 Å². The minimum absolute atomic E-state index is 0.00864. The van der Waals surface area contributed by atoms with Gasteiger partial charge in [-0.1, -0.05) is 37.3 Å². The van der Waals surface area contributed by atoms with Crippen molar-refractivity contribution in [3.05, 3.63) is 65.5 Å². The van der Waals surface area contributed by atoms with Crippen LogP contribution >= 0.6 is 0 Å². The van der Waals surface area contributed by atoms with Crippen molar-refractivity contribution < 1.29 is 17.6 Å². The number of amides is 2. The molecule has 1 heterocycles. The van der Waals surface area contributed by atoms with E-state index in [0.29, 0.717) is 17.8 Å². The van der Waals surface area contributed by atoms with Gasteiger partial charge in [-0.25, -0.2) is 17.6 Å². The summed E-state index contributed by atoms with van der Waals surface area (Å²) in [7, 11) is -3.22. The number of sulfone groups is 1. The van der Waals surface area contributed by atoms with Gasteiger partial charge in [-0.2, -0.15) is 0 Å². The molecule has 2 aromatic rings. The summed E-state index contributed by atoms with van der Waals surface area (Å²) < 4.78 is 37.1. The molecule has 0 bridgehead atoms. The van der Waals surface area contributed by atoms with Crippen LogP contribution in [-0.2, 0) is 21.0 Å². The Morgan fingerprint density at radius 1 is 1.03 bits per heavy atom. The highest BCUT2D eigenvalue weighted by Crippen LogP contribution is 2.47. The third kappa shape index (κ3) is 4.33. The molecule has 1 aliphatic heterocycles. The van der Waals surface area contributed by atoms with Crippen molar-refractivity contribution >= 4 is 21.6 Å². The normalized spacial score (nSPS) is 26.3. The molecule has 2 aliphatic rings. The van der Waals surface area contributed by atoms with E-state index in [1.54, 1.807) is 17.0 Å². The van der Waals surface area contributed by atoms with Crippen LogP contribution in [-0.4, -0.2) is 32.8 Å². The molecule has 2 aromatic carbocycles. The molecule has 0 aromatic heterocycles. The van der Waals surface area contributed by atoms with Crippen molar-refractivity contribution in [2.24, 2.45) is 0 Å². The fraction of sp³-hybridized carbons (Fsp3) is 0.458. The van der Waals surface area contributed by atoms with Crippen molar-refractivity contribution in [2.45, 2.75) is 55.7 Å². The van der Waals surface area contributed by atoms with Crippen molar-refractivity contribution in [3.63, 3.8) is 0 Å². The fourth-order valence-electron chi connectivity index (χ4n) is 5.22. The van der Waals surface area contributed by atoms with E-state index in [0.717, 1.165) is 37.7 Å². The zero-order valence-corrected chi connectivity index (χ0v) is 18.8. The van der Waals surface area contributed by atoms with E-state index in [2.05, 4.69) is 12.2 Å². The molecule has 1 N–H and O–H groups in total. The molecule has 31 heavy (non-hydrogen) atoms. The van der Waals surface area contributed by atoms with E-state index in [4.69, 9.17) is 0 Å². The zero-order chi connectivity index (χ0) is 22.3. The Hall–Kier alpha value is -2.41. The Bertz CT molecular complexity index is 1070. The summed E-state index contributed by atoms with van der Waals surface area (Å²) in [5.41, 5.74) is 2.13. The molecule has 5 nitrogen and oxygen atoms in total. The van der Waals surface area contributed by atoms with Crippen LogP contribution in [0.15, 0.2) is 48.5 Å². The molecule has 1 saturated heterocycles. The molecule has 1 spiro atoms. The second-order valence-corrected chi connectivity index (χ2v) is 11.3. The Labute approximate surface area is 183 Å². The van der Waals surface area contributed by atoms with E-state index >= 15 is 0 Å². The number of hydrogen-bond donors (Lipinski definition) is 1. The van der Waals surface area contributed by atoms with Gasteiger partial charge in [0.2, 0.25) is 0 Å². The molecule has 166 valence electrons. The topological polar surface area (TPSA) is 66.5 Å². The monoisotopic (exact) mass is 444 g/mol. The molecule has 2 amide bonds.